The van der Waals surface area contributed by atoms with Crippen LogP contribution in [0.3, 0.4) is 0 Å². The van der Waals surface area contributed by atoms with Crippen LogP contribution in [0.4, 0.5) is 0 Å². The number of hydrogen-bond donors (Lipinski definition) is 2. The first kappa shape index (κ1) is 23.1. The lowest BCUT2D eigenvalue weighted by atomic mass is 9.97. The van der Waals surface area contributed by atoms with Gasteiger partial charge in [-0.15, -0.1) is 0 Å². The van der Waals surface area contributed by atoms with E-state index in [0.29, 0.717) is 0 Å². The van der Waals surface area contributed by atoms with Crippen LogP contribution in [0, 0.1) is 11.8 Å². The van der Waals surface area contributed by atoms with Gasteiger partial charge in [0, 0.05) is 0 Å². The van der Waals surface area contributed by atoms with Crippen LogP contribution < -0.4 is 10.6 Å². The van der Waals surface area contributed by atoms with Crippen molar-refractivity contribution < 1.29 is 9.59 Å². The maximum atomic E-state index is 12.7. The Labute approximate surface area is 148 Å². The second-order valence-electron chi connectivity index (χ2n) is 7.53. The molecule has 0 radical (unpaired) electrons. The Bertz CT molecular complexity index is 370. The van der Waals surface area contributed by atoms with Gasteiger partial charge in [-0.3, -0.25) is 14.5 Å². The van der Waals surface area contributed by atoms with Gasteiger partial charge >= 0.3 is 0 Å². The minimum absolute atomic E-state index is 0.0213. The number of ketones is 1. The predicted molar refractivity (Wildman–Crippen MR) is 101 cm³/mol. The van der Waals surface area contributed by atoms with Crippen LogP contribution in [0.15, 0.2) is 0 Å². The van der Waals surface area contributed by atoms with E-state index in [0.717, 1.165) is 19.5 Å². The minimum atomic E-state index is -0.395. The molecular formula is C19H39N3O2. The number of unbranched alkanes of at least 4 members (excludes halogenated alkanes) is 3. The van der Waals surface area contributed by atoms with Gasteiger partial charge in [0.15, 0.2) is 5.78 Å². The Kier molecular flexibility index (Phi) is 11.9. The number of nitrogens with zero attached hydrogens (tertiary/aromatic N) is 1. The fourth-order valence-electron chi connectivity index (χ4n) is 3.14. The average molecular weight is 342 g/mol. The van der Waals surface area contributed by atoms with Crippen molar-refractivity contribution in [3.8, 4) is 0 Å². The summed E-state index contributed by atoms with van der Waals surface area (Å²) in [5, 5.41) is 6.12. The van der Waals surface area contributed by atoms with Gasteiger partial charge in [0.2, 0.25) is 5.91 Å². The smallest absolute Gasteiger partial charge is 0.238 e. The summed E-state index contributed by atoms with van der Waals surface area (Å²) in [5.74, 6) is 0.306. The molecule has 0 rings (SSSR count). The fourth-order valence-corrected chi connectivity index (χ4v) is 3.14. The SMILES string of the molecule is CNCCCCCCN(C)C(C(=O)N[C@H](C(C)=O)C(C)C)C(C)C. The number of carbonyl (C=O) groups is 2. The molecule has 0 aliphatic heterocycles. The van der Waals surface area contributed by atoms with E-state index in [1.807, 2.05) is 27.9 Å². The van der Waals surface area contributed by atoms with E-state index in [1.165, 1.54) is 19.3 Å². The highest BCUT2D eigenvalue weighted by Crippen LogP contribution is 2.13. The van der Waals surface area contributed by atoms with Gasteiger partial charge in [-0.25, -0.2) is 0 Å². The largest absolute Gasteiger partial charge is 0.345 e. The van der Waals surface area contributed by atoms with E-state index >= 15 is 0 Å². The summed E-state index contributed by atoms with van der Waals surface area (Å²) in [7, 11) is 3.99. The molecule has 0 bridgehead atoms. The normalized spacial score (nSPS) is 14.2. The highest BCUT2D eigenvalue weighted by molar-refractivity contribution is 5.89. The molecule has 0 heterocycles. The van der Waals surface area contributed by atoms with Crippen LogP contribution in [-0.4, -0.2) is 55.9 Å². The van der Waals surface area contributed by atoms with E-state index in [4.69, 9.17) is 0 Å². The molecule has 0 aliphatic carbocycles. The molecule has 0 saturated carbocycles. The summed E-state index contributed by atoms with van der Waals surface area (Å²) in [5.41, 5.74) is 0. The number of amides is 1. The molecule has 5 heteroatoms. The van der Waals surface area contributed by atoms with Crippen molar-refractivity contribution in [1.29, 1.82) is 0 Å². The van der Waals surface area contributed by atoms with Crippen molar-refractivity contribution in [3.63, 3.8) is 0 Å². The summed E-state index contributed by atoms with van der Waals surface area (Å²) in [6.45, 7) is 11.6. The van der Waals surface area contributed by atoms with Crippen LogP contribution in [0.5, 0.6) is 0 Å². The molecule has 0 fully saturated rings. The number of Topliss-reactive ketones (excluding diaryl/α,β-unsaturated/α-hetero) is 1. The topological polar surface area (TPSA) is 61.4 Å². The molecule has 0 spiro atoms. The van der Waals surface area contributed by atoms with Gasteiger partial charge < -0.3 is 10.6 Å². The third kappa shape index (κ3) is 8.78. The van der Waals surface area contributed by atoms with Crippen molar-refractivity contribution in [3.05, 3.63) is 0 Å². The van der Waals surface area contributed by atoms with Gasteiger partial charge in [-0.1, -0.05) is 40.5 Å². The first-order chi connectivity index (χ1) is 11.2. The molecule has 0 aliphatic rings. The Morgan fingerprint density at radius 2 is 1.54 bits per heavy atom. The third-order valence-electron chi connectivity index (χ3n) is 4.46. The molecule has 1 amide bonds. The molecule has 0 aromatic rings. The molecular weight excluding hydrogens is 302 g/mol. The summed E-state index contributed by atoms with van der Waals surface area (Å²) in [6.07, 6.45) is 4.69. The first-order valence-electron chi connectivity index (χ1n) is 9.38. The Hall–Kier alpha value is -0.940. The third-order valence-corrected chi connectivity index (χ3v) is 4.46. The molecule has 2 N–H and O–H groups in total. The van der Waals surface area contributed by atoms with Crippen LogP contribution >= 0.6 is 0 Å². The molecule has 1 unspecified atom stereocenters. The Morgan fingerprint density at radius 1 is 0.958 bits per heavy atom. The van der Waals surface area contributed by atoms with Gasteiger partial charge in [-0.2, -0.15) is 0 Å². The van der Waals surface area contributed by atoms with Gasteiger partial charge in [0.1, 0.15) is 0 Å². The van der Waals surface area contributed by atoms with E-state index in [1.54, 1.807) is 6.92 Å². The molecule has 0 aromatic carbocycles. The Morgan fingerprint density at radius 3 is 2.00 bits per heavy atom. The van der Waals surface area contributed by atoms with E-state index in [9.17, 15) is 9.59 Å². The number of nitrogens with one attached hydrogen (secondary N) is 2. The average Bonchev–Trinajstić information content (AvgIpc) is 2.47. The summed E-state index contributed by atoms with van der Waals surface area (Å²) in [4.78, 5) is 26.6. The van der Waals surface area contributed by atoms with Crippen molar-refractivity contribution >= 4 is 11.7 Å². The van der Waals surface area contributed by atoms with Crippen molar-refractivity contribution in [1.82, 2.24) is 15.5 Å². The second kappa shape index (κ2) is 12.4. The highest BCUT2D eigenvalue weighted by Gasteiger charge is 2.30. The lowest BCUT2D eigenvalue weighted by molar-refractivity contribution is -0.132. The lowest BCUT2D eigenvalue weighted by Gasteiger charge is -2.32. The molecule has 5 nitrogen and oxygen atoms in total. The lowest BCUT2D eigenvalue weighted by Crippen LogP contribution is -2.53. The summed E-state index contributed by atoms with van der Waals surface area (Å²) in [6, 6.07) is -0.586. The number of rotatable bonds is 13. The van der Waals surface area contributed by atoms with Crippen LogP contribution in [-0.2, 0) is 9.59 Å². The van der Waals surface area contributed by atoms with Crippen LogP contribution in [0.25, 0.3) is 0 Å². The predicted octanol–water partition coefficient (Wildman–Crippen LogP) is 2.45. The van der Waals surface area contributed by atoms with Gasteiger partial charge in [0.25, 0.3) is 0 Å². The van der Waals surface area contributed by atoms with Gasteiger partial charge in [0.05, 0.1) is 12.1 Å². The number of likely N-dealkylation sites (N-methyl/N-ethyl adjacent to an activating group) is 1. The highest BCUT2D eigenvalue weighted by atomic mass is 16.2. The fraction of sp³-hybridized carbons (Fsp3) is 0.895. The number of hydrogen-bond acceptors (Lipinski definition) is 4. The molecule has 0 aromatic heterocycles. The Balaban J connectivity index is 4.54. The van der Waals surface area contributed by atoms with Crippen LogP contribution in [0.1, 0.15) is 60.3 Å². The van der Waals surface area contributed by atoms with E-state index < -0.39 is 6.04 Å². The summed E-state index contributed by atoms with van der Waals surface area (Å²) < 4.78 is 0. The van der Waals surface area contributed by atoms with Crippen LogP contribution in [0.2, 0.25) is 0 Å². The number of carbonyl (C=O) groups excluding carboxylic acids is 2. The zero-order chi connectivity index (χ0) is 18.7. The monoisotopic (exact) mass is 341 g/mol. The summed E-state index contributed by atoms with van der Waals surface area (Å²) >= 11 is 0. The molecule has 2 atom stereocenters. The van der Waals surface area contributed by atoms with Crippen molar-refractivity contribution in [2.75, 3.05) is 27.2 Å². The zero-order valence-corrected chi connectivity index (χ0v) is 16.8. The maximum absolute atomic E-state index is 12.7. The maximum Gasteiger partial charge on any atom is 0.238 e. The van der Waals surface area contributed by atoms with Gasteiger partial charge in [-0.05, 0) is 58.8 Å². The standard InChI is InChI=1S/C19H39N3O2/c1-14(2)17(16(5)23)21-19(24)18(15(3)4)22(7)13-11-9-8-10-12-20-6/h14-15,17-18,20H,8-13H2,1-7H3,(H,21,24)/t17-,18?/m0/s1. The first-order valence-corrected chi connectivity index (χ1v) is 9.38. The quantitative estimate of drug-likeness (QED) is 0.505. The molecule has 142 valence electrons. The minimum Gasteiger partial charge on any atom is -0.345 e. The van der Waals surface area contributed by atoms with Crippen molar-refractivity contribution in [2.24, 2.45) is 11.8 Å². The molecule has 0 saturated heterocycles. The second-order valence-corrected chi connectivity index (χ2v) is 7.53. The van der Waals surface area contributed by atoms with E-state index in [-0.39, 0.29) is 29.6 Å². The van der Waals surface area contributed by atoms with E-state index in [2.05, 4.69) is 29.4 Å². The van der Waals surface area contributed by atoms with Crippen molar-refractivity contribution in [2.45, 2.75) is 72.4 Å². The zero-order valence-electron chi connectivity index (χ0n) is 16.8. The molecule has 24 heavy (non-hydrogen) atoms.